The second kappa shape index (κ2) is 10.3. The molecule has 9 heteroatoms. The Morgan fingerprint density at radius 2 is 1.71 bits per heavy atom. The fourth-order valence-electron chi connectivity index (χ4n) is 3.10. The van der Waals surface area contributed by atoms with Gasteiger partial charge in [-0.3, -0.25) is 9.10 Å². The molecule has 2 rings (SSSR count). The molecule has 0 bridgehead atoms. The molecule has 0 fully saturated rings. The molecule has 0 radical (unpaired) electrons. The molecule has 1 amide bonds. The molecule has 0 saturated carbocycles. The lowest BCUT2D eigenvalue weighted by Crippen LogP contribution is -2.45. The van der Waals surface area contributed by atoms with Crippen molar-refractivity contribution in [2.24, 2.45) is 0 Å². The van der Waals surface area contributed by atoms with Crippen LogP contribution in [0.2, 0.25) is 0 Å². The lowest BCUT2D eigenvalue weighted by Gasteiger charge is -2.28. The van der Waals surface area contributed by atoms with Crippen molar-refractivity contribution in [2.75, 3.05) is 29.1 Å². The number of anilines is 2. The smallest absolute Gasteiger partial charge is 0.338 e. The summed E-state index contributed by atoms with van der Waals surface area (Å²) in [5.74, 6) is -0.428. The standard InChI is InChI=1S/C22H28N2O6S/c1-6-29-18-13-11-17(12-14-18)24(31(5,27)28)16(4)21(25)23-20-10-8-9-19(15(20)3)22(26)30-7-2/h8-14,16H,6-7H2,1-5H3,(H,23,25)/t16-/m1/s1. The Bertz CT molecular complexity index is 1030. The van der Waals surface area contributed by atoms with Gasteiger partial charge >= 0.3 is 5.97 Å². The Kier molecular flexibility index (Phi) is 8.04. The van der Waals surface area contributed by atoms with Gasteiger partial charge in [-0.1, -0.05) is 6.07 Å². The molecule has 8 nitrogen and oxygen atoms in total. The zero-order valence-corrected chi connectivity index (χ0v) is 19.2. The highest BCUT2D eigenvalue weighted by molar-refractivity contribution is 7.92. The number of nitrogens with zero attached hydrogens (tertiary/aromatic N) is 1. The maximum atomic E-state index is 12.9. The van der Waals surface area contributed by atoms with Gasteiger partial charge in [0, 0.05) is 5.69 Å². The Labute approximate surface area is 183 Å². The first-order valence-electron chi connectivity index (χ1n) is 9.90. The predicted molar refractivity (Wildman–Crippen MR) is 120 cm³/mol. The van der Waals surface area contributed by atoms with Crippen molar-refractivity contribution in [3.05, 3.63) is 53.6 Å². The molecule has 1 atom stereocenters. The van der Waals surface area contributed by atoms with Crippen LogP contribution >= 0.6 is 0 Å². The van der Waals surface area contributed by atoms with E-state index in [1.165, 1.54) is 6.92 Å². The molecular formula is C22H28N2O6S. The molecule has 2 aromatic carbocycles. The van der Waals surface area contributed by atoms with E-state index in [9.17, 15) is 18.0 Å². The summed E-state index contributed by atoms with van der Waals surface area (Å²) in [6.07, 6.45) is 1.04. The van der Waals surface area contributed by atoms with Crippen LogP contribution in [0, 0.1) is 6.92 Å². The molecule has 0 aliphatic carbocycles. The van der Waals surface area contributed by atoms with Crippen LogP contribution in [-0.4, -0.2) is 45.8 Å². The minimum Gasteiger partial charge on any atom is -0.494 e. The highest BCUT2D eigenvalue weighted by Crippen LogP contribution is 2.25. The summed E-state index contributed by atoms with van der Waals surface area (Å²) < 4.78 is 36.4. The molecule has 0 spiro atoms. The zero-order valence-electron chi connectivity index (χ0n) is 18.3. The van der Waals surface area contributed by atoms with Gasteiger partial charge in [0.2, 0.25) is 15.9 Å². The number of esters is 1. The van der Waals surface area contributed by atoms with Crippen LogP contribution in [0.15, 0.2) is 42.5 Å². The van der Waals surface area contributed by atoms with E-state index in [2.05, 4.69) is 5.32 Å². The maximum absolute atomic E-state index is 12.9. The number of hydrogen-bond donors (Lipinski definition) is 1. The van der Waals surface area contributed by atoms with Gasteiger partial charge in [-0.2, -0.15) is 0 Å². The van der Waals surface area contributed by atoms with Crippen LogP contribution in [0.25, 0.3) is 0 Å². The number of hydrogen-bond acceptors (Lipinski definition) is 6. The van der Waals surface area contributed by atoms with Crippen molar-refractivity contribution >= 4 is 33.3 Å². The third-order valence-corrected chi connectivity index (χ3v) is 5.82. The van der Waals surface area contributed by atoms with Crippen LogP contribution in [0.3, 0.4) is 0 Å². The lowest BCUT2D eigenvalue weighted by molar-refractivity contribution is -0.116. The first-order valence-corrected chi connectivity index (χ1v) is 11.7. The summed E-state index contributed by atoms with van der Waals surface area (Å²) in [5, 5.41) is 2.72. The van der Waals surface area contributed by atoms with Gasteiger partial charge in [0.25, 0.3) is 0 Å². The van der Waals surface area contributed by atoms with E-state index in [1.807, 2.05) is 6.92 Å². The zero-order chi connectivity index (χ0) is 23.2. The predicted octanol–water partition coefficient (Wildman–Crippen LogP) is 3.36. The van der Waals surface area contributed by atoms with E-state index in [1.54, 1.807) is 56.3 Å². The number of rotatable bonds is 9. The van der Waals surface area contributed by atoms with Gasteiger partial charge in [-0.15, -0.1) is 0 Å². The molecule has 2 aromatic rings. The summed E-state index contributed by atoms with van der Waals surface area (Å²) in [5.41, 5.74) is 1.61. The van der Waals surface area contributed by atoms with Gasteiger partial charge in [-0.25, -0.2) is 13.2 Å². The molecule has 168 valence electrons. The third kappa shape index (κ3) is 5.97. The van der Waals surface area contributed by atoms with E-state index < -0.39 is 27.9 Å². The van der Waals surface area contributed by atoms with Crippen molar-refractivity contribution in [3.63, 3.8) is 0 Å². The van der Waals surface area contributed by atoms with Gasteiger partial charge in [0.1, 0.15) is 11.8 Å². The average molecular weight is 449 g/mol. The van der Waals surface area contributed by atoms with Crippen LogP contribution in [0.5, 0.6) is 5.75 Å². The number of sulfonamides is 1. The van der Waals surface area contributed by atoms with Crippen LogP contribution in [-0.2, 0) is 19.6 Å². The molecule has 0 aromatic heterocycles. The molecule has 31 heavy (non-hydrogen) atoms. The van der Waals surface area contributed by atoms with Gasteiger partial charge in [-0.05, 0) is 69.7 Å². The highest BCUT2D eigenvalue weighted by Gasteiger charge is 2.29. The number of nitrogens with one attached hydrogen (secondary N) is 1. The quantitative estimate of drug-likeness (QED) is 0.590. The van der Waals surface area contributed by atoms with E-state index in [4.69, 9.17) is 9.47 Å². The molecule has 0 aliphatic heterocycles. The molecule has 1 N–H and O–H groups in total. The lowest BCUT2D eigenvalue weighted by atomic mass is 10.1. The van der Waals surface area contributed by atoms with Crippen molar-refractivity contribution in [1.82, 2.24) is 0 Å². The fourth-order valence-corrected chi connectivity index (χ4v) is 4.28. The third-order valence-electron chi connectivity index (χ3n) is 4.58. The highest BCUT2D eigenvalue weighted by atomic mass is 32.2. The molecule has 0 heterocycles. The van der Waals surface area contributed by atoms with Crippen LogP contribution in [0.1, 0.15) is 36.7 Å². The fraction of sp³-hybridized carbons (Fsp3) is 0.364. The summed E-state index contributed by atoms with van der Waals surface area (Å²) in [4.78, 5) is 25.0. The molecule has 0 saturated heterocycles. The number of carbonyl (C=O) groups is 2. The van der Waals surface area contributed by atoms with Gasteiger partial charge in [0.15, 0.2) is 0 Å². The van der Waals surface area contributed by atoms with Crippen LogP contribution < -0.4 is 14.4 Å². The minimum absolute atomic E-state index is 0.233. The molecule has 0 unspecified atom stereocenters. The van der Waals surface area contributed by atoms with Crippen LogP contribution in [0.4, 0.5) is 11.4 Å². The van der Waals surface area contributed by atoms with Crippen molar-refractivity contribution in [1.29, 1.82) is 0 Å². The molecule has 0 aliphatic rings. The topological polar surface area (TPSA) is 102 Å². The number of ether oxygens (including phenoxy) is 2. The summed E-state index contributed by atoms with van der Waals surface area (Å²) in [6.45, 7) is 7.46. The number of benzene rings is 2. The summed E-state index contributed by atoms with van der Waals surface area (Å²) >= 11 is 0. The minimum atomic E-state index is -3.76. The van der Waals surface area contributed by atoms with Gasteiger partial charge in [0.05, 0.1) is 30.7 Å². The van der Waals surface area contributed by atoms with Crippen molar-refractivity contribution in [2.45, 2.75) is 33.7 Å². The molecular weight excluding hydrogens is 420 g/mol. The Morgan fingerprint density at radius 3 is 2.26 bits per heavy atom. The summed E-state index contributed by atoms with van der Waals surface area (Å²) in [7, 11) is -3.76. The van der Waals surface area contributed by atoms with Gasteiger partial charge < -0.3 is 14.8 Å². The first kappa shape index (κ1) is 24.2. The largest absolute Gasteiger partial charge is 0.494 e. The number of carbonyl (C=O) groups excluding carboxylic acids is 2. The Morgan fingerprint density at radius 1 is 1.06 bits per heavy atom. The Hall–Kier alpha value is -3.07. The van der Waals surface area contributed by atoms with Crippen molar-refractivity contribution < 1.29 is 27.5 Å². The normalized spacial score (nSPS) is 12.0. The van der Waals surface area contributed by atoms with Crippen molar-refractivity contribution in [3.8, 4) is 5.75 Å². The van der Waals surface area contributed by atoms with E-state index >= 15 is 0 Å². The number of amides is 1. The second-order valence-corrected chi connectivity index (χ2v) is 8.71. The maximum Gasteiger partial charge on any atom is 0.338 e. The second-order valence-electron chi connectivity index (χ2n) is 6.85. The monoisotopic (exact) mass is 448 g/mol. The van der Waals surface area contributed by atoms with E-state index in [0.717, 1.165) is 10.6 Å². The van der Waals surface area contributed by atoms with E-state index in [-0.39, 0.29) is 6.61 Å². The first-order chi connectivity index (χ1) is 14.6. The summed E-state index contributed by atoms with van der Waals surface area (Å²) in [6, 6.07) is 10.3. The SMILES string of the molecule is CCOC(=O)c1cccc(NC(=O)[C@@H](C)N(c2ccc(OCC)cc2)S(C)(=O)=O)c1C. The average Bonchev–Trinajstić information content (AvgIpc) is 2.70. The van der Waals surface area contributed by atoms with E-state index in [0.29, 0.717) is 34.9 Å². The Balaban J connectivity index is 2.30.